The molecule has 28 heavy (non-hydrogen) atoms. The minimum absolute atomic E-state index is 0.374. The van der Waals surface area contributed by atoms with Crippen molar-refractivity contribution in [1.82, 2.24) is 13.8 Å². The molecule has 0 amide bonds. The van der Waals surface area contributed by atoms with Crippen LogP contribution in [-0.4, -0.2) is 55.4 Å². The molecule has 1 aliphatic rings. The molecule has 3 aromatic rings. The molecule has 0 N–H and O–H groups in total. The molecular weight excluding hydrogens is 370 g/mol. The molecule has 0 radical (unpaired) electrons. The topological polar surface area (TPSA) is 45.6 Å². The van der Waals surface area contributed by atoms with Gasteiger partial charge in [0, 0.05) is 44.3 Å². The van der Waals surface area contributed by atoms with Crippen molar-refractivity contribution in [2.75, 3.05) is 33.2 Å². The molecule has 0 spiro atoms. The van der Waals surface area contributed by atoms with Crippen LogP contribution in [-0.2, 0) is 16.6 Å². The molecule has 0 bridgehead atoms. The number of nitrogens with zero attached hydrogens (tertiary/aromatic N) is 3. The lowest BCUT2D eigenvalue weighted by molar-refractivity contribution is 0.148. The van der Waals surface area contributed by atoms with Crippen LogP contribution < -0.4 is 0 Å². The Hall–Kier alpha value is -2.15. The summed E-state index contributed by atoms with van der Waals surface area (Å²) in [5.74, 6) is 0. The van der Waals surface area contributed by atoms with E-state index < -0.39 is 10.0 Å². The van der Waals surface area contributed by atoms with Crippen LogP contribution in [0.3, 0.4) is 0 Å². The first-order valence-corrected chi connectivity index (χ1v) is 11.1. The highest BCUT2D eigenvalue weighted by Gasteiger charge is 2.24. The number of benzene rings is 2. The molecule has 1 aromatic heterocycles. The first-order valence-electron chi connectivity index (χ1n) is 9.69. The van der Waals surface area contributed by atoms with E-state index in [4.69, 9.17) is 0 Å². The number of rotatable bonds is 4. The van der Waals surface area contributed by atoms with Crippen molar-refractivity contribution in [1.29, 1.82) is 0 Å². The smallest absolute Gasteiger partial charge is 0.268 e. The molecule has 0 unspecified atom stereocenters. The van der Waals surface area contributed by atoms with Gasteiger partial charge in [-0.1, -0.05) is 30.3 Å². The minimum atomic E-state index is -3.66. The van der Waals surface area contributed by atoms with Gasteiger partial charge in [0.15, 0.2) is 0 Å². The van der Waals surface area contributed by atoms with Crippen molar-refractivity contribution in [3.63, 3.8) is 0 Å². The van der Waals surface area contributed by atoms with Gasteiger partial charge >= 0.3 is 0 Å². The quantitative estimate of drug-likeness (QED) is 0.678. The van der Waals surface area contributed by atoms with Gasteiger partial charge in [-0.3, -0.25) is 4.90 Å². The Bertz CT molecular complexity index is 1110. The van der Waals surface area contributed by atoms with E-state index in [1.807, 2.05) is 56.4 Å². The number of likely N-dealkylation sites (N-methyl/N-ethyl adjacent to an activating group) is 1. The number of fused-ring (bicyclic) bond motifs is 1. The Labute approximate surface area is 167 Å². The largest absolute Gasteiger partial charge is 0.304 e. The van der Waals surface area contributed by atoms with Crippen LogP contribution in [0.4, 0.5) is 0 Å². The molecule has 4 rings (SSSR count). The molecule has 0 atom stereocenters. The van der Waals surface area contributed by atoms with Crippen LogP contribution >= 0.6 is 0 Å². The molecular formula is C22H27N3O2S. The van der Waals surface area contributed by atoms with Gasteiger partial charge in [0.25, 0.3) is 10.0 Å². The first kappa shape index (κ1) is 19.2. The van der Waals surface area contributed by atoms with Gasteiger partial charge in [-0.2, -0.15) is 0 Å². The summed E-state index contributed by atoms with van der Waals surface area (Å²) >= 11 is 0. The van der Waals surface area contributed by atoms with Gasteiger partial charge < -0.3 is 4.90 Å². The number of aromatic nitrogens is 1. The summed E-state index contributed by atoms with van der Waals surface area (Å²) in [7, 11) is -1.52. The lowest BCUT2D eigenvalue weighted by Crippen LogP contribution is -2.43. The third-order valence-electron chi connectivity index (χ3n) is 5.63. The van der Waals surface area contributed by atoms with Crippen LogP contribution in [0.5, 0.6) is 0 Å². The third-order valence-corrected chi connectivity index (χ3v) is 7.45. The number of hydrogen-bond acceptors (Lipinski definition) is 4. The Morgan fingerprint density at radius 1 is 0.964 bits per heavy atom. The van der Waals surface area contributed by atoms with Crippen LogP contribution in [0.1, 0.15) is 16.7 Å². The Kier molecular flexibility index (Phi) is 5.04. The second-order valence-electron chi connectivity index (χ2n) is 7.82. The molecule has 2 heterocycles. The Morgan fingerprint density at radius 3 is 2.43 bits per heavy atom. The average Bonchev–Trinajstić information content (AvgIpc) is 3.05. The zero-order valence-electron chi connectivity index (χ0n) is 16.7. The van der Waals surface area contributed by atoms with Crippen molar-refractivity contribution in [2.45, 2.75) is 25.3 Å². The average molecular weight is 398 g/mol. The van der Waals surface area contributed by atoms with Gasteiger partial charge in [0.1, 0.15) is 0 Å². The maximum atomic E-state index is 13.5. The summed E-state index contributed by atoms with van der Waals surface area (Å²) in [6.07, 6.45) is 1.82. The van der Waals surface area contributed by atoms with Gasteiger partial charge in [-0.15, -0.1) is 0 Å². The molecule has 0 saturated carbocycles. The maximum Gasteiger partial charge on any atom is 0.268 e. The van der Waals surface area contributed by atoms with E-state index >= 15 is 0 Å². The van der Waals surface area contributed by atoms with Gasteiger partial charge in [0.05, 0.1) is 10.4 Å². The summed E-state index contributed by atoms with van der Waals surface area (Å²) in [5, 5.41) is 1.01. The second-order valence-corrected chi connectivity index (χ2v) is 9.60. The van der Waals surface area contributed by atoms with Crippen molar-refractivity contribution < 1.29 is 8.42 Å². The molecule has 0 aliphatic carbocycles. The first-order chi connectivity index (χ1) is 13.4. The van der Waals surface area contributed by atoms with Gasteiger partial charge in [-0.25, -0.2) is 12.4 Å². The summed E-state index contributed by atoms with van der Waals surface area (Å²) in [4.78, 5) is 5.10. The minimum Gasteiger partial charge on any atom is -0.304 e. The van der Waals surface area contributed by atoms with E-state index in [1.54, 1.807) is 6.07 Å². The Morgan fingerprint density at radius 2 is 1.68 bits per heavy atom. The van der Waals surface area contributed by atoms with E-state index in [1.165, 1.54) is 3.97 Å². The predicted molar refractivity (Wildman–Crippen MR) is 113 cm³/mol. The number of hydrogen-bond donors (Lipinski definition) is 0. The van der Waals surface area contributed by atoms with E-state index in [2.05, 4.69) is 16.8 Å². The van der Waals surface area contributed by atoms with E-state index in [9.17, 15) is 8.42 Å². The summed E-state index contributed by atoms with van der Waals surface area (Å²) < 4.78 is 28.5. The maximum absolute atomic E-state index is 13.5. The predicted octanol–water partition coefficient (Wildman–Crippen LogP) is 3.24. The van der Waals surface area contributed by atoms with Crippen LogP contribution in [0.2, 0.25) is 0 Å². The van der Waals surface area contributed by atoms with Crippen LogP contribution in [0.15, 0.2) is 53.6 Å². The van der Waals surface area contributed by atoms with Crippen molar-refractivity contribution in [3.8, 4) is 0 Å². The van der Waals surface area contributed by atoms with E-state index in [0.717, 1.165) is 60.3 Å². The monoisotopic (exact) mass is 397 g/mol. The molecule has 148 valence electrons. The van der Waals surface area contributed by atoms with Crippen molar-refractivity contribution >= 4 is 20.9 Å². The molecule has 1 fully saturated rings. The molecule has 1 saturated heterocycles. The molecule has 6 heteroatoms. The summed E-state index contributed by atoms with van der Waals surface area (Å²) in [5.41, 5.74) is 3.52. The number of para-hydroxylation sites is 1. The summed E-state index contributed by atoms with van der Waals surface area (Å²) in [6.45, 7) is 8.62. The van der Waals surface area contributed by atoms with Crippen molar-refractivity contribution in [3.05, 3.63) is 65.4 Å². The highest BCUT2D eigenvalue weighted by molar-refractivity contribution is 7.90. The highest BCUT2D eigenvalue weighted by Crippen LogP contribution is 2.28. The van der Waals surface area contributed by atoms with Crippen LogP contribution in [0.25, 0.3) is 10.9 Å². The fourth-order valence-corrected chi connectivity index (χ4v) is 5.59. The highest BCUT2D eigenvalue weighted by atomic mass is 32.2. The fraction of sp³-hybridized carbons (Fsp3) is 0.364. The summed E-state index contributed by atoms with van der Waals surface area (Å²) in [6, 6.07) is 13.4. The van der Waals surface area contributed by atoms with Gasteiger partial charge in [0.2, 0.25) is 0 Å². The number of piperazine rings is 1. The second kappa shape index (κ2) is 7.35. The lowest BCUT2D eigenvalue weighted by Gasteiger charge is -2.32. The molecule has 1 aliphatic heterocycles. The van der Waals surface area contributed by atoms with E-state index in [0.29, 0.717) is 4.90 Å². The van der Waals surface area contributed by atoms with Gasteiger partial charge in [-0.05, 0) is 49.7 Å². The zero-order valence-corrected chi connectivity index (χ0v) is 17.5. The third kappa shape index (κ3) is 3.48. The molecule has 5 nitrogen and oxygen atoms in total. The normalized spacial score (nSPS) is 16.7. The van der Waals surface area contributed by atoms with Crippen molar-refractivity contribution in [2.24, 2.45) is 0 Å². The lowest BCUT2D eigenvalue weighted by atomic mass is 10.1. The fourth-order valence-electron chi connectivity index (χ4n) is 3.88. The zero-order chi connectivity index (χ0) is 19.9. The molecule has 2 aromatic carbocycles. The standard InChI is InChI=1S/C22H27N3O2S/c1-17-8-9-18(2)22(14-17)28(26,27)25-16-19(20-6-4-5-7-21(20)25)15-24-12-10-23(3)11-13-24/h4-9,14,16H,10-13,15H2,1-3H3. The van der Waals surface area contributed by atoms with E-state index in [-0.39, 0.29) is 0 Å². The van der Waals surface area contributed by atoms with Crippen LogP contribution in [0, 0.1) is 13.8 Å². The number of aryl methyl sites for hydroxylation is 2. The SMILES string of the molecule is Cc1ccc(C)c(S(=O)(=O)n2cc(CN3CCN(C)CC3)c3ccccc32)c1. The Balaban J connectivity index is 1.79.